The first-order valence-electron chi connectivity index (χ1n) is 1.24. The summed E-state index contributed by atoms with van der Waals surface area (Å²) in [5, 5.41) is 0. The summed E-state index contributed by atoms with van der Waals surface area (Å²) in [5.41, 5.74) is 2.38. The predicted molar refractivity (Wildman–Crippen MR) is 18.5 cm³/mol. The number of hydrogen-bond acceptors (Lipinski definition) is 3. The van der Waals surface area contributed by atoms with Crippen molar-refractivity contribution in [3.8, 4) is 0 Å². The van der Waals surface area contributed by atoms with Crippen LogP contribution in [0.4, 0.5) is 0 Å². The van der Waals surface area contributed by atoms with E-state index in [2.05, 4.69) is 15.1 Å². The van der Waals surface area contributed by atoms with Crippen molar-refractivity contribution in [1.29, 1.82) is 0 Å². The maximum atomic E-state index is 4.35. The largest absolute Gasteiger partial charge is 0.489 e. The van der Waals surface area contributed by atoms with E-state index in [9.17, 15) is 0 Å². The van der Waals surface area contributed by atoms with E-state index in [1.165, 1.54) is 14.0 Å². The van der Waals surface area contributed by atoms with E-state index in [0.717, 1.165) is 0 Å². The van der Waals surface area contributed by atoms with E-state index in [0.29, 0.717) is 0 Å². The van der Waals surface area contributed by atoms with Crippen LogP contribution in [-0.2, 0) is 4.76 Å². The number of hydroxylamine groups is 1. The van der Waals surface area contributed by atoms with Gasteiger partial charge in [-0.25, -0.2) is 0 Å². The third-order valence-corrected chi connectivity index (χ3v) is 0.309. The molecule has 3 nitrogen and oxygen atoms in total. The Labute approximate surface area is 30.3 Å². The van der Waals surface area contributed by atoms with Crippen molar-refractivity contribution in [1.82, 2.24) is 5.48 Å². The Morgan fingerprint density at radius 3 is 3.20 bits per heavy atom. The lowest BCUT2D eigenvalue weighted by Gasteiger charge is -1.78. The van der Waals surface area contributed by atoms with Crippen LogP contribution in [0, 0.1) is 0 Å². The van der Waals surface area contributed by atoms with Crippen molar-refractivity contribution in [3.63, 3.8) is 0 Å². The maximum Gasteiger partial charge on any atom is 0.489 e. The molecule has 0 aromatic carbocycles. The first kappa shape index (κ1) is 2.72. The highest BCUT2D eigenvalue weighted by Crippen LogP contribution is 1.67. The topological polar surface area (TPSA) is 33.6 Å². The summed E-state index contributed by atoms with van der Waals surface area (Å²) in [7, 11) is 1.32. The van der Waals surface area contributed by atoms with Gasteiger partial charge in [-0.05, 0) is 0 Å². The smallest absolute Gasteiger partial charge is 0.310 e. The van der Waals surface area contributed by atoms with Gasteiger partial charge in [-0.1, -0.05) is 0 Å². The van der Waals surface area contributed by atoms with Crippen LogP contribution in [0.15, 0.2) is 4.90 Å². The van der Waals surface area contributed by atoms with Crippen molar-refractivity contribution in [2.45, 2.75) is 0 Å². The van der Waals surface area contributed by atoms with Crippen molar-refractivity contribution in [3.05, 3.63) is 0 Å². The van der Waals surface area contributed by atoms with Gasteiger partial charge >= 0.3 is 7.62 Å². The molecule has 4 heteroatoms. The van der Waals surface area contributed by atoms with Gasteiger partial charge in [0.05, 0.1) is 6.34 Å². The summed E-state index contributed by atoms with van der Waals surface area (Å²) in [5.74, 6) is 0. The minimum absolute atomic E-state index is 1.32. The Bertz CT molecular complexity index is 47.6. The molecule has 0 spiro atoms. The fraction of sp³-hybridized carbons (Fsp3) is 0. The van der Waals surface area contributed by atoms with Crippen LogP contribution in [0.25, 0.3) is 0 Å². The zero-order valence-electron chi connectivity index (χ0n) is 2.51. The molecule has 1 N–H and O–H groups in total. The maximum absolute atomic E-state index is 4.35. The molecule has 0 amide bonds. The summed E-state index contributed by atoms with van der Waals surface area (Å²) in [6, 6.07) is 0. The highest BCUT2D eigenvalue weighted by molar-refractivity contribution is 6.28. The van der Waals surface area contributed by atoms with E-state index in [4.69, 9.17) is 0 Å². The minimum Gasteiger partial charge on any atom is -0.310 e. The van der Waals surface area contributed by atoms with Crippen molar-refractivity contribution in [2.75, 3.05) is 0 Å². The van der Waals surface area contributed by atoms with E-state index < -0.39 is 0 Å². The van der Waals surface area contributed by atoms with E-state index in [1.807, 2.05) is 0 Å². The standard InChI is InChI=1S/CH2BN2O/c1-3-2-5-4-1/h1H,(H,3,4). The van der Waals surface area contributed by atoms with E-state index in [-0.39, 0.29) is 0 Å². The van der Waals surface area contributed by atoms with Crippen molar-refractivity contribution in [2.24, 2.45) is 4.90 Å². The molecule has 25 valence electrons. The normalized spacial score (nSPS) is 17.6. The highest BCUT2D eigenvalue weighted by atomic mass is 16.6. The van der Waals surface area contributed by atoms with E-state index >= 15 is 0 Å². The fourth-order valence-corrected chi connectivity index (χ4v) is 0.152. The van der Waals surface area contributed by atoms with Crippen LogP contribution in [-0.4, -0.2) is 14.0 Å². The van der Waals surface area contributed by atoms with Gasteiger partial charge in [-0.2, -0.15) is 0 Å². The zero-order chi connectivity index (χ0) is 3.54. The molecule has 1 aliphatic rings. The predicted octanol–water partition coefficient (Wildman–Crippen LogP) is -0.916. The first-order valence-corrected chi connectivity index (χ1v) is 1.24. The molecule has 1 aliphatic heterocycles. The summed E-state index contributed by atoms with van der Waals surface area (Å²) in [4.78, 5) is 3.50. The molecule has 0 aromatic rings. The van der Waals surface area contributed by atoms with Gasteiger partial charge in [0.1, 0.15) is 0 Å². The summed E-state index contributed by atoms with van der Waals surface area (Å²) in [6.45, 7) is 0. The molecule has 0 saturated heterocycles. The average molecular weight is 68.9 g/mol. The molecule has 0 saturated carbocycles. The lowest BCUT2D eigenvalue weighted by Crippen LogP contribution is -2.02. The molecule has 0 fully saturated rings. The Hall–Kier alpha value is -0.505. The SMILES string of the molecule is [B]1N=CNO1. The molecule has 0 atom stereocenters. The Kier molecular flexibility index (Phi) is 0.585. The first-order chi connectivity index (χ1) is 2.50. The van der Waals surface area contributed by atoms with Crippen LogP contribution in [0.2, 0.25) is 0 Å². The minimum atomic E-state index is 1.32. The third kappa shape index (κ3) is 0.387. The molecule has 0 bridgehead atoms. The third-order valence-electron chi connectivity index (χ3n) is 0.309. The van der Waals surface area contributed by atoms with Gasteiger partial charge in [0, 0.05) is 0 Å². The molecule has 1 radical (unpaired) electrons. The van der Waals surface area contributed by atoms with Gasteiger partial charge in [0.25, 0.3) is 0 Å². The molecule has 0 aliphatic carbocycles. The number of nitrogens with one attached hydrogen (secondary N) is 1. The second-order valence-electron chi connectivity index (χ2n) is 0.619. The van der Waals surface area contributed by atoms with Gasteiger partial charge in [-0.15, -0.1) is 0 Å². The van der Waals surface area contributed by atoms with Crippen LogP contribution >= 0.6 is 0 Å². The molecule has 5 heavy (non-hydrogen) atoms. The summed E-state index contributed by atoms with van der Waals surface area (Å²) in [6.07, 6.45) is 1.46. The van der Waals surface area contributed by atoms with Crippen LogP contribution < -0.4 is 5.48 Å². The molecule has 1 heterocycles. The lowest BCUT2D eigenvalue weighted by molar-refractivity contribution is 0.297. The van der Waals surface area contributed by atoms with Gasteiger partial charge in [-0.3, -0.25) is 10.4 Å². The van der Waals surface area contributed by atoms with Crippen molar-refractivity contribution < 1.29 is 4.76 Å². The van der Waals surface area contributed by atoms with Crippen LogP contribution in [0.1, 0.15) is 0 Å². The summed E-state index contributed by atoms with van der Waals surface area (Å²) < 4.78 is 4.35. The van der Waals surface area contributed by atoms with Gasteiger partial charge in [0.15, 0.2) is 0 Å². The van der Waals surface area contributed by atoms with Gasteiger partial charge in [0.2, 0.25) is 0 Å². The average Bonchev–Trinajstić information content (AvgIpc) is 1.76. The second kappa shape index (κ2) is 1.08. The molecule has 0 unspecified atom stereocenters. The van der Waals surface area contributed by atoms with Crippen molar-refractivity contribution >= 4 is 14.0 Å². The Morgan fingerprint density at radius 1 is 2.00 bits per heavy atom. The summed E-state index contributed by atoms with van der Waals surface area (Å²) >= 11 is 0. The van der Waals surface area contributed by atoms with Gasteiger partial charge < -0.3 is 4.76 Å². The lowest BCUT2D eigenvalue weighted by atomic mass is 10.3. The number of hydrogen-bond donors (Lipinski definition) is 1. The molecule has 0 aromatic heterocycles. The Balaban J connectivity index is 2.32. The zero-order valence-corrected chi connectivity index (χ0v) is 2.51. The van der Waals surface area contributed by atoms with E-state index in [1.54, 1.807) is 0 Å². The number of nitrogens with zero attached hydrogens (tertiary/aromatic N) is 1. The van der Waals surface area contributed by atoms with Crippen LogP contribution in [0.3, 0.4) is 0 Å². The van der Waals surface area contributed by atoms with Crippen LogP contribution in [0.5, 0.6) is 0 Å². The number of rotatable bonds is 0. The highest BCUT2D eigenvalue weighted by Gasteiger charge is 1.89. The molecular weight excluding hydrogens is 66.8 g/mol. The monoisotopic (exact) mass is 69.0 g/mol. The molecule has 1 rings (SSSR count). The second-order valence-corrected chi connectivity index (χ2v) is 0.619. The quantitative estimate of drug-likeness (QED) is 0.373. The molecular formula is CH2BN2O. The Morgan fingerprint density at radius 2 is 3.00 bits per heavy atom. The fourth-order valence-electron chi connectivity index (χ4n) is 0.152.